The van der Waals surface area contributed by atoms with E-state index < -0.39 is 0 Å². The standard InChI is InChI=1S/C14H22O2.Na.H/c1-13(2,3)15-11-7-9-12(10-8-11)16-14(4,5)6;;/h7-10H,1-6H3;;. The Balaban J connectivity index is 0.00000256. The molecule has 0 N–H and O–H groups in total. The molecule has 0 aliphatic heterocycles. The predicted molar refractivity (Wildman–Crippen MR) is 74.4 cm³/mol. The zero-order chi connectivity index (χ0) is 12.4. The van der Waals surface area contributed by atoms with Crippen molar-refractivity contribution in [3.63, 3.8) is 0 Å². The normalized spacial score (nSPS) is 11.6. The summed E-state index contributed by atoms with van der Waals surface area (Å²) in [5, 5.41) is 0. The van der Waals surface area contributed by atoms with Crippen LogP contribution in [0.2, 0.25) is 0 Å². The molecular weight excluding hydrogens is 223 g/mol. The average Bonchev–Trinajstić information content (AvgIpc) is 2.03. The second-order valence-electron chi connectivity index (χ2n) is 5.90. The van der Waals surface area contributed by atoms with Crippen molar-refractivity contribution in [1.82, 2.24) is 0 Å². The quantitative estimate of drug-likeness (QED) is 0.745. The minimum absolute atomic E-state index is 0. The van der Waals surface area contributed by atoms with Crippen LogP contribution in [-0.4, -0.2) is 40.8 Å². The van der Waals surface area contributed by atoms with Crippen LogP contribution in [0.25, 0.3) is 0 Å². The van der Waals surface area contributed by atoms with Gasteiger partial charge in [0.05, 0.1) is 0 Å². The van der Waals surface area contributed by atoms with E-state index in [9.17, 15) is 0 Å². The van der Waals surface area contributed by atoms with E-state index in [1.807, 2.05) is 65.8 Å². The van der Waals surface area contributed by atoms with Gasteiger partial charge in [-0.05, 0) is 65.8 Å². The molecule has 0 unspecified atom stereocenters. The molecule has 0 radical (unpaired) electrons. The molecule has 17 heavy (non-hydrogen) atoms. The SMILES string of the molecule is CC(C)(C)Oc1ccc(OC(C)(C)C)cc1.[NaH]. The molecule has 3 heteroatoms. The molecule has 0 amide bonds. The van der Waals surface area contributed by atoms with Crippen molar-refractivity contribution >= 4 is 29.6 Å². The van der Waals surface area contributed by atoms with Gasteiger partial charge in [-0.25, -0.2) is 0 Å². The Bertz CT molecular complexity index is 296. The maximum atomic E-state index is 5.73. The van der Waals surface area contributed by atoms with Gasteiger partial charge in [-0.15, -0.1) is 0 Å². The topological polar surface area (TPSA) is 18.5 Å². The molecule has 2 nitrogen and oxygen atoms in total. The van der Waals surface area contributed by atoms with Crippen LogP contribution in [-0.2, 0) is 0 Å². The van der Waals surface area contributed by atoms with Gasteiger partial charge in [-0.2, -0.15) is 0 Å². The molecule has 0 atom stereocenters. The first-order valence-corrected chi connectivity index (χ1v) is 5.64. The zero-order valence-corrected chi connectivity index (χ0v) is 11.1. The number of rotatable bonds is 2. The van der Waals surface area contributed by atoms with Gasteiger partial charge in [0, 0.05) is 0 Å². The van der Waals surface area contributed by atoms with Crippen LogP contribution in [0.15, 0.2) is 24.3 Å². The van der Waals surface area contributed by atoms with E-state index in [4.69, 9.17) is 9.47 Å². The summed E-state index contributed by atoms with van der Waals surface area (Å²) in [6, 6.07) is 7.75. The van der Waals surface area contributed by atoms with Crippen molar-refractivity contribution in [2.45, 2.75) is 52.7 Å². The van der Waals surface area contributed by atoms with E-state index in [1.165, 1.54) is 0 Å². The molecule has 92 valence electrons. The van der Waals surface area contributed by atoms with Gasteiger partial charge in [0.2, 0.25) is 0 Å². The Hall–Kier alpha value is -0.180. The summed E-state index contributed by atoms with van der Waals surface area (Å²) in [5.74, 6) is 1.74. The maximum absolute atomic E-state index is 5.73. The van der Waals surface area contributed by atoms with Gasteiger partial charge in [0.1, 0.15) is 22.7 Å². The number of hydrogen-bond donors (Lipinski definition) is 0. The summed E-state index contributed by atoms with van der Waals surface area (Å²) in [7, 11) is 0. The van der Waals surface area contributed by atoms with Crippen LogP contribution in [0.3, 0.4) is 0 Å². The number of benzene rings is 1. The Morgan fingerprint density at radius 1 is 0.647 bits per heavy atom. The van der Waals surface area contributed by atoms with Crippen molar-refractivity contribution in [1.29, 1.82) is 0 Å². The van der Waals surface area contributed by atoms with E-state index in [-0.39, 0.29) is 40.8 Å². The second kappa shape index (κ2) is 6.12. The monoisotopic (exact) mass is 246 g/mol. The van der Waals surface area contributed by atoms with Crippen LogP contribution >= 0.6 is 0 Å². The Kier molecular flexibility index (Phi) is 6.06. The molecule has 1 aromatic carbocycles. The summed E-state index contributed by atoms with van der Waals surface area (Å²) in [6.45, 7) is 12.2. The molecule has 1 aromatic rings. The molecular formula is C14H23NaO2. The van der Waals surface area contributed by atoms with Crippen LogP contribution in [0, 0.1) is 0 Å². The molecule has 0 heterocycles. The fraction of sp³-hybridized carbons (Fsp3) is 0.571. The van der Waals surface area contributed by atoms with Gasteiger partial charge in [-0.3, -0.25) is 0 Å². The summed E-state index contributed by atoms with van der Waals surface area (Å²) in [5.41, 5.74) is -0.321. The molecule has 0 saturated carbocycles. The van der Waals surface area contributed by atoms with E-state index >= 15 is 0 Å². The van der Waals surface area contributed by atoms with Crippen molar-refractivity contribution < 1.29 is 9.47 Å². The number of hydrogen-bond acceptors (Lipinski definition) is 2. The molecule has 0 aliphatic rings. The third-order valence-corrected chi connectivity index (χ3v) is 1.67. The van der Waals surface area contributed by atoms with Gasteiger partial charge < -0.3 is 9.47 Å². The first-order valence-electron chi connectivity index (χ1n) is 5.64. The van der Waals surface area contributed by atoms with Gasteiger partial charge in [-0.1, -0.05) is 0 Å². The van der Waals surface area contributed by atoms with Crippen LogP contribution < -0.4 is 9.47 Å². The Morgan fingerprint density at radius 3 is 1.06 bits per heavy atom. The summed E-state index contributed by atoms with van der Waals surface area (Å²) >= 11 is 0. The third kappa shape index (κ3) is 7.69. The molecule has 1 rings (SSSR count). The van der Waals surface area contributed by atoms with Crippen LogP contribution in [0.4, 0.5) is 0 Å². The van der Waals surface area contributed by atoms with Gasteiger partial charge in [0.25, 0.3) is 0 Å². The minimum atomic E-state index is -0.160. The van der Waals surface area contributed by atoms with Gasteiger partial charge >= 0.3 is 29.6 Å². The average molecular weight is 246 g/mol. The fourth-order valence-electron chi connectivity index (χ4n) is 1.28. The Labute approximate surface area is 127 Å². The van der Waals surface area contributed by atoms with E-state index in [1.54, 1.807) is 0 Å². The van der Waals surface area contributed by atoms with Crippen LogP contribution in [0.5, 0.6) is 11.5 Å². The van der Waals surface area contributed by atoms with Crippen molar-refractivity contribution in [2.24, 2.45) is 0 Å². The van der Waals surface area contributed by atoms with Gasteiger partial charge in [0.15, 0.2) is 0 Å². The third-order valence-electron chi connectivity index (χ3n) is 1.67. The Morgan fingerprint density at radius 2 is 0.882 bits per heavy atom. The van der Waals surface area contributed by atoms with Crippen molar-refractivity contribution in [3.05, 3.63) is 24.3 Å². The van der Waals surface area contributed by atoms with Crippen LogP contribution in [0.1, 0.15) is 41.5 Å². The first-order chi connectivity index (χ1) is 7.16. The molecule has 0 fully saturated rings. The predicted octanol–water partition coefficient (Wildman–Crippen LogP) is 3.39. The van der Waals surface area contributed by atoms with E-state index in [0.717, 1.165) is 11.5 Å². The summed E-state index contributed by atoms with van der Waals surface area (Å²) < 4.78 is 11.5. The first kappa shape index (κ1) is 16.8. The van der Waals surface area contributed by atoms with E-state index in [0.29, 0.717) is 0 Å². The zero-order valence-electron chi connectivity index (χ0n) is 11.1. The van der Waals surface area contributed by atoms with Crippen molar-refractivity contribution in [3.8, 4) is 11.5 Å². The molecule has 0 aromatic heterocycles. The second-order valence-corrected chi connectivity index (χ2v) is 5.90. The fourth-order valence-corrected chi connectivity index (χ4v) is 1.28. The van der Waals surface area contributed by atoms with E-state index in [2.05, 4.69) is 0 Å². The molecule has 0 spiro atoms. The number of ether oxygens (including phenoxy) is 2. The van der Waals surface area contributed by atoms with Crippen molar-refractivity contribution in [2.75, 3.05) is 0 Å². The molecule has 0 bridgehead atoms. The summed E-state index contributed by atoms with van der Waals surface area (Å²) in [4.78, 5) is 0. The molecule has 0 saturated heterocycles. The molecule has 0 aliphatic carbocycles. The summed E-state index contributed by atoms with van der Waals surface area (Å²) in [6.07, 6.45) is 0.